The maximum absolute atomic E-state index is 12.9. The number of anilines is 1. The zero-order valence-corrected chi connectivity index (χ0v) is 21.7. The Morgan fingerprint density at radius 2 is 2.14 bits per heavy atom. The molecule has 1 N–H and O–H groups in total. The predicted octanol–water partition coefficient (Wildman–Crippen LogP) is 4.40. The van der Waals surface area contributed by atoms with E-state index in [9.17, 15) is 14.9 Å². The van der Waals surface area contributed by atoms with Crippen molar-refractivity contribution in [1.82, 2.24) is 14.5 Å². The summed E-state index contributed by atoms with van der Waals surface area (Å²) < 4.78 is 7.64. The molecule has 3 aromatic rings. The number of fused-ring (bicyclic) bond motifs is 1. The molecule has 188 valence electrons. The van der Waals surface area contributed by atoms with E-state index >= 15 is 0 Å². The number of amides is 2. The molecule has 0 radical (unpaired) electrons. The van der Waals surface area contributed by atoms with Crippen molar-refractivity contribution in [2.24, 2.45) is 7.05 Å². The summed E-state index contributed by atoms with van der Waals surface area (Å²) in [5.41, 5.74) is 2.45. The summed E-state index contributed by atoms with van der Waals surface area (Å²) in [5.74, 6) is 1.55. The van der Waals surface area contributed by atoms with Gasteiger partial charge in [-0.15, -0.1) is 11.3 Å². The number of aromatic nitrogens is 2. The predicted molar refractivity (Wildman–Crippen MR) is 139 cm³/mol. The van der Waals surface area contributed by atoms with Crippen LogP contribution in [0.2, 0.25) is 0 Å². The Morgan fingerprint density at radius 1 is 1.33 bits per heavy atom. The minimum Gasteiger partial charge on any atom is -0.494 e. The number of ether oxygens (including phenoxy) is 1. The largest absolute Gasteiger partial charge is 0.494 e. The fourth-order valence-corrected chi connectivity index (χ4v) is 5.81. The molecule has 1 unspecified atom stereocenters. The highest BCUT2D eigenvalue weighted by Gasteiger charge is 2.28. The van der Waals surface area contributed by atoms with Gasteiger partial charge in [-0.1, -0.05) is 25.1 Å². The molecule has 8 nitrogen and oxygen atoms in total. The number of thiophene rings is 1. The number of rotatable bonds is 9. The van der Waals surface area contributed by atoms with Gasteiger partial charge in [-0.25, -0.2) is 4.98 Å². The Bertz CT molecular complexity index is 1290. The van der Waals surface area contributed by atoms with Crippen LogP contribution in [-0.2, 0) is 36.0 Å². The van der Waals surface area contributed by atoms with E-state index in [-0.39, 0.29) is 24.2 Å². The number of nitriles is 1. The van der Waals surface area contributed by atoms with Crippen molar-refractivity contribution < 1.29 is 14.3 Å². The van der Waals surface area contributed by atoms with Gasteiger partial charge in [-0.05, 0) is 36.5 Å². The first-order valence-corrected chi connectivity index (χ1v) is 13.0. The Kier molecular flexibility index (Phi) is 8.06. The summed E-state index contributed by atoms with van der Waals surface area (Å²) in [6, 6.07) is 10.0. The Hall–Kier alpha value is -3.64. The fraction of sp³-hybridized carbons (Fsp3) is 0.407. The second kappa shape index (κ2) is 11.4. The van der Waals surface area contributed by atoms with E-state index in [0.29, 0.717) is 49.5 Å². The Balaban J connectivity index is 1.40. The monoisotopic (exact) mass is 505 g/mol. The molecule has 2 aromatic heterocycles. The van der Waals surface area contributed by atoms with Gasteiger partial charge in [0, 0.05) is 50.1 Å². The van der Waals surface area contributed by atoms with Crippen molar-refractivity contribution in [3.63, 3.8) is 0 Å². The molecular formula is C27H31N5O3S. The molecule has 1 aromatic carbocycles. The number of carbonyl (C=O) groups is 2. The zero-order valence-electron chi connectivity index (χ0n) is 20.9. The van der Waals surface area contributed by atoms with Gasteiger partial charge in [0.15, 0.2) is 0 Å². The molecule has 0 bridgehead atoms. The number of hydrogen-bond acceptors (Lipinski definition) is 6. The van der Waals surface area contributed by atoms with Crippen LogP contribution in [-0.4, -0.2) is 39.4 Å². The maximum Gasteiger partial charge on any atom is 0.225 e. The molecule has 2 amide bonds. The first-order chi connectivity index (χ1) is 17.4. The highest BCUT2D eigenvalue weighted by atomic mass is 32.1. The lowest BCUT2D eigenvalue weighted by Crippen LogP contribution is -2.35. The number of para-hydroxylation sites is 1. The molecule has 4 rings (SSSR count). The van der Waals surface area contributed by atoms with Crippen LogP contribution in [0.4, 0.5) is 5.00 Å². The van der Waals surface area contributed by atoms with Crippen LogP contribution < -0.4 is 10.1 Å². The first-order valence-electron chi connectivity index (χ1n) is 12.2. The molecule has 1 aliphatic rings. The van der Waals surface area contributed by atoms with E-state index in [4.69, 9.17) is 4.74 Å². The molecule has 36 heavy (non-hydrogen) atoms. The lowest BCUT2D eigenvalue weighted by Gasteiger charge is -2.27. The van der Waals surface area contributed by atoms with Crippen LogP contribution in [0.5, 0.6) is 5.75 Å². The number of nitrogens with zero attached hydrogens (tertiary/aromatic N) is 4. The number of hydrogen-bond donors (Lipinski definition) is 1. The summed E-state index contributed by atoms with van der Waals surface area (Å²) in [4.78, 5) is 32.8. The molecule has 1 atom stereocenters. The number of imidazole rings is 1. The maximum atomic E-state index is 12.9. The standard InChI is InChI=1S/C27H31N5O3S/c1-4-35-22-8-6-5-7-19(22)18(2)15-25(33)30-27-21(16-28)20-11-13-32(17-23(20)36-27)26(34)10-9-24-29-12-14-31(24)3/h5-8,12,14,18H,4,9-11,13,15,17H2,1-3H3,(H,30,33). The topological polar surface area (TPSA) is 100 Å². The minimum absolute atomic E-state index is 0.0419. The lowest BCUT2D eigenvalue weighted by molar-refractivity contribution is -0.132. The van der Waals surface area contributed by atoms with Gasteiger partial charge in [-0.3, -0.25) is 9.59 Å². The van der Waals surface area contributed by atoms with Gasteiger partial charge >= 0.3 is 0 Å². The fourth-order valence-electron chi connectivity index (χ4n) is 4.58. The van der Waals surface area contributed by atoms with E-state index in [0.717, 1.165) is 27.6 Å². The van der Waals surface area contributed by atoms with E-state index in [1.54, 1.807) is 6.20 Å². The van der Waals surface area contributed by atoms with Crippen molar-refractivity contribution in [2.45, 2.75) is 52.0 Å². The number of aryl methyl sites for hydroxylation is 2. The van der Waals surface area contributed by atoms with Gasteiger partial charge in [0.25, 0.3) is 0 Å². The molecule has 0 saturated carbocycles. The Labute approximate surface area is 215 Å². The van der Waals surface area contributed by atoms with E-state index in [2.05, 4.69) is 16.4 Å². The summed E-state index contributed by atoms with van der Waals surface area (Å²) in [6.07, 6.45) is 5.46. The quantitative estimate of drug-likeness (QED) is 0.465. The normalized spacial score (nSPS) is 13.6. The first kappa shape index (κ1) is 25.5. The van der Waals surface area contributed by atoms with Crippen molar-refractivity contribution in [3.05, 3.63) is 64.1 Å². The van der Waals surface area contributed by atoms with E-state index in [1.165, 1.54) is 11.3 Å². The van der Waals surface area contributed by atoms with Gasteiger partial charge in [0.1, 0.15) is 22.6 Å². The van der Waals surface area contributed by atoms with Crippen molar-refractivity contribution in [1.29, 1.82) is 5.26 Å². The third-order valence-corrected chi connectivity index (χ3v) is 7.63. The van der Waals surface area contributed by atoms with Crippen LogP contribution in [0.15, 0.2) is 36.7 Å². The smallest absolute Gasteiger partial charge is 0.225 e. The zero-order chi connectivity index (χ0) is 25.7. The summed E-state index contributed by atoms with van der Waals surface area (Å²) in [5, 5.41) is 13.4. The second-order valence-electron chi connectivity index (χ2n) is 8.96. The molecule has 9 heteroatoms. The van der Waals surface area contributed by atoms with Gasteiger partial charge in [0.2, 0.25) is 11.8 Å². The van der Waals surface area contributed by atoms with Crippen molar-refractivity contribution >= 4 is 28.2 Å². The average Bonchev–Trinajstić information content (AvgIpc) is 3.44. The highest BCUT2D eigenvalue weighted by molar-refractivity contribution is 7.16. The van der Waals surface area contributed by atoms with Crippen LogP contribution in [0.3, 0.4) is 0 Å². The van der Waals surface area contributed by atoms with E-state index in [1.807, 2.05) is 60.8 Å². The number of carbonyl (C=O) groups excluding carboxylic acids is 2. The third kappa shape index (κ3) is 5.60. The summed E-state index contributed by atoms with van der Waals surface area (Å²) in [7, 11) is 1.92. The second-order valence-corrected chi connectivity index (χ2v) is 10.1. The van der Waals surface area contributed by atoms with Gasteiger partial charge < -0.3 is 19.5 Å². The molecular weight excluding hydrogens is 474 g/mol. The molecule has 1 aliphatic heterocycles. The van der Waals surface area contributed by atoms with Crippen LogP contribution >= 0.6 is 11.3 Å². The molecule has 0 spiro atoms. The van der Waals surface area contributed by atoms with Gasteiger partial charge in [-0.2, -0.15) is 5.26 Å². The lowest BCUT2D eigenvalue weighted by atomic mass is 9.96. The van der Waals surface area contributed by atoms with Gasteiger partial charge in [0.05, 0.1) is 18.7 Å². The summed E-state index contributed by atoms with van der Waals surface area (Å²) in [6.45, 7) is 5.52. The Morgan fingerprint density at radius 3 is 2.86 bits per heavy atom. The average molecular weight is 506 g/mol. The number of benzene rings is 1. The van der Waals surface area contributed by atoms with E-state index < -0.39 is 0 Å². The molecule has 0 fully saturated rings. The third-order valence-electron chi connectivity index (χ3n) is 6.50. The number of nitrogens with one attached hydrogen (secondary N) is 1. The molecule has 3 heterocycles. The van der Waals surface area contributed by atoms with Crippen LogP contribution in [0.25, 0.3) is 0 Å². The van der Waals surface area contributed by atoms with Crippen LogP contribution in [0.1, 0.15) is 60.0 Å². The minimum atomic E-state index is -0.146. The molecule has 0 aliphatic carbocycles. The summed E-state index contributed by atoms with van der Waals surface area (Å²) >= 11 is 1.40. The highest BCUT2D eigenvalue weighted by Crippen LogP contribution is 2.37. The van der Waals surface area contributed by atoms with Crippen molar-refractivity contribution in [2.75, 3.05) is 18.5 Å². The van der Waals surface area contributed by atoms with Crippen LogP contribution in [0, 0.1) is 11.3 Å². The van der Waals surface area contributed by atoms with Crippen molar-refractivity contribution in [3.8, 4) is 11.8 Å². The molecule has 0 saturated heterocycles. The SMILES string of the molecule is CCOc1ccccc1C(C)CC(=O)Nc1sc2c(c1C#N)CCN(C(=O)CCc1nccn1C)C2.